The lowest BCUT2D eigenvalue weighted by Gasteiger charge is -2.25. The van der Waals surface area contributed by atoms with E-state index in [0.717, 1.165) is 5.69 Å². The van der Waals surface area contributed by atoms with Crippen molar-refractivity contribution in [1.29, 1.82) is 0 Å². The topological polar surface area (TPSA) is 34.2 Å². The van der Waals surface area contributed by atoms with Crippen molar-refractivity contribution < 1.29 is 9.47 Å². The fourth-order valence-electron chi connectivity index (χ4n) is 0.986. The Bertz CT molecular complexity index is 255. The lowest BCUT2D eigenvalue weighted by atomic mass is 10.2. The van der Waals surface area contributed by atoms with Gasteiger partial charge in [-0.1, -0.05) is 11.6 Å². The van der Waals surface area contributed by atoms with Crippen LogP contribution in [0, 0.1) is 0 Å². The maximum absolute atomic E-state index is 5.89. The molecule has 0 amide bonds. The Morgan fingerprint density at radius 1 is 1.42 bits per heavy atom. The zero-order valence-corrected chi connectivity index (χ0v) is 8.11. The molecule has 68 valence electrons. The molecule has 3 nitrogen and oxygen atoms in total. The van der Waals surface area contributed by atoms with Gasteiger partial charge in [0.25, 0.3) is 0 Å². The number of rotatable bonds is 3. The van der Waals surface area contributed by atoms with E-state index in [1.807, 2.05) is 0 Å². The molecule has 0 spiro atoms. The third-order valence-electron chi connectivity index (χ3n) is 1.93. The first-order valence-electron chi connectivity index (χ1n) is 3.57. The van der Waals surface area contributed by atoms with E-state index < -0.39 is 5.79 Å². The summed E-state index contributed by atoms with van der Waals surface area (Å²) in [7, 11) is 3.14. The van der Waals surface area contributed by atoms with E-state index in [2.05, 4.69) is 4.98 Å². The quantitative estimate of drug-likeness (QED) is 0.740. The molecule has 0 saturated heterocycles. The molecule has 1 aromatic rings. The highest BCUT2D eigenvalue weighted by Gasteiger charge is 2.29. The number of hydrogen-bond acceptors (Lipinski definition) is 2. The zero-order chi connectivity index (χ0) is 9.19. The predicted molar refractivity (Wildman–Crippen MR) is 47.2 cm³/mol. The van der Waals surface area contributed by atoms with Crippen LogP contribution in [-0.4, -0.2) is 19.2 Å². The molecular formula is C8H12ClNO2. The van der Waals surface area contributed by atoms with Crippen LogP contribution in [0.4, 0.5) is 0 Å². The minimum Gasteiger partial charge on any atom is -0.359 e. The van der Waals surface area contributed by atoms with Gasteiger partial charge in [-0.3, -0.25) is 0 Å². The highest BCUT2D eigenvalue weighted by Crippen LogP contribution is 2.29. The molecule has 1 rings (SSSR count). The first-order valence-corrected chi connectivity index (χ1v) is 3.95. The molecule has 12 heavy (non-hydrogen) atoms. The van der Waals surface area contributed by atoms with Crippen LogP contribution >= 0.6 is 11.6 Å². The van der Waals surface area contributed by atoms with Crippen molar-refractivity contribution in [3.63, 3.8) is 0 Å². The third-order valence-corrected chi connectivity index (χ3v) is 2.24. The second kappa shape index (κ2) is 3.47. The number of halogens is 1. The van der Waals surface area contributed by atoms with Crippen LogP contribution in [0.3, 0.4) is 0 Å². The van der Waals surface area contributed by atoms with E-state index in [9.17, 15) is 0 Å². The largest absolute Gasteiger partial charge is 0.359 e. The van der Waals surface area contributed by atoms with Gasteiger partial charge in [-0.2, -0.15) is 0 Å². The van der Waals surface area contributed by atoms with Gasteiger partial charge in [0.1, 0.15) is 0 Å². The molecule has 0 saturated carbocycles. The zero-order valence-electron chi connectivity index (χ0n) is 7.35. The summed E-state index contributed by atoms with van der Waals surface area (Å²) in [6.45, 7) is 1.80. The van der Waals surface area contributed by atoms with E-state index in [1.54, 1.807) is 33.4 Å². The summed E-state index contributed by atoms with van der Waals surface area (Å²) in [5, 5.41) is 0.612. The first-order chi connectivity index (χ1) is 5.64. The normalized spacial score (nSPS) is 12.0. The van der Waals surface area contributed by atoms with Gasteiger partial charge >= 0.3 is 0 Å². The number of nitrogens with one attached hydrogen (secondary N) is 1. The molecular weight excluding hydrogens is 178 g/mol. The number of methoxy groups -OCH3 is 2. The molecule has 0 aliphatic carbocycles. The van der Waals surface area contributed by atoms with E-state index in [1.165, 1.54) is 0 Å². The average molecular weight is 190 g/mol. The van der Waals surface area contributed by atoms with Crippen LogP contribution in [0.25, 0.3) is 0 Å². The van der Waals surface area contributed by atoms with Crippen molar-refractivity contribution in [3.8, 4) is 0 Å². The first kappa shape index (κ1) is 9.58. The van der Waals surface area contributed by atoms with E-state index in [-0.39, 0.29) is 0 Å². The third kappa shape index (κ3) is 1.48. The lowest BCUT2D eigenvalue weighted by Crippen LogP contribution is -2.27. The van der Waals surface area contributed by atoms with Gasteiger partial charge in [0, 0.05) is 20.4 Å². The fourth-order valence-corrected chi connectivity index (χ4v) is 1.28. The Balaban J connectivity index is 3.02. The summed E-state index contributed by atoms with van der Waals surface area (Å²) in [5.41, 5.74) is 0.731. The van der Waals surface area contributed by atoms with Gasteiger partial charge in [0.05, 0.1) is 10.7 Å². The standard InChI is InChI=1S/C8H12ClNO2/c1-8(11-2,12-3)7-6(9)4-5-10-7/h4-5,10H,1-3H3. The molecule has 0 radical (unpaired) electrons. The van der Waals surface area contributed by atoms with Crippen LogP contribution in [0.5, 0.6) is 0 Å². The average Bonchev–Trinajstić information content (AvgIpc) is 2.51. The number of ether oxygens (including phenoxy) is 2. The molecule has 0 fully saturated rings. The molecule has 4 heteroatoms. The molecule has 0 aliphatic heterocycles. The number of hydrogen-bond donors (Lipinski definition) is 1. The van der Waals surface area contributed by atoms with Gasteiger partial charge in [-0.05, 0) is 13.0 Å². The summed E-state index contributed by atoms with van der Waals surface area (Å²) in [4.78, 5) is 2.97. The van der Waals surface area contributed by atoms with Crippen LogP contribution in [0.15, 0.2) is 12.3 Å². The number of aromatic nitrogens is 1. The van der Waals surface area contributed by atoms with Crippen molar-refractivity contribution in [1.82, 2.24) is 4.98 Å². The number of aromatic amines is 1. The highest BCUT2D eigenvalue weighted by atomic mass is 35.5. The van der Waals surface area contributed by atoms with Crippen molar-refractivity contribution in [2.24, 2.45) is 0 Å². The molecule has 0 aliphatic rings. The Morgan fingerprint density at radius 3 is 2.33 bits per heavy atom. The minimum absolute atomic E-state index is 0.612. The SMILES string of the molecule is COC(C)(OC)c1[nH]ccc1Cl. The Kier molecular flexibility index (Phi) is 2.77. The van der Waals surface area contributed by atoms with Crippen LogP contribution in [-0.2, 0) is 15.3 Å². The van der Waals surface area contributed by atoms with Gasteiger partial charge < -0.3 is 14.5 Å². The smallest absolute Gasteiger partial charge is 0.208 e. The summed E-state index contributed by atoms with van der Waals surface area (Å²) >= 11 is 5.89. The second-order valence-corrected chi connectivity index (χ2v) is 2.96. The molecule has 1 N–H and O–H groups in total. The summed E-state index contributed by atoms with van der Waals surface area (Å²) in [5.74, 6) is -0.791. The molecule has 0 atom stereocenters. The summed E-state index contributed by atoms with van der Waals surface area (Å²) < 4.78 is 10.3. The predicted octanol–water partition coefficient (Wildman–Crippen LogP) is 2.13. The summed E-state index contributed by atoms with van der Waals surface area (Å²) in [6, 6.07) is 1.76. The molecule has 1 aromatic heterocycles. The Morgan fingerprint density at radius 2 is 2.00 bits per heavy atom. The van der Waals surface area contributed by atoms with Gasteiger partial charge in [0.15, 0.2) is 0 Å². The number of H-pyrrole nitrogens is 1. The maximum atomic E-state index is 5.89. The summed E-state index contributed by atoms with van der Waals surface area (Å²) in [6.07, 6.45) is 1.74. The minimum atomic E-state index is -0.791. The van der Waals surface area contributed by atoms with Gasteiger partial charge in [0.2, 0.25) is 5.79 Å². The lowest BCUT2D eigenvalue weighted by molar-refractivity contribution is -0.204. The molecule has 1 heterocycles. The van der Waals surface area contributed by atoms with Gasteiger partial charge in [-0.25, -0.2) is 0 Å². The molecule has 0 aromatic carbocycles. The van der Waals surface area contributed by atoms with Crippen molar-refractivity contribution in [2.45, 2.75) is 12.7 Å². The molecule has 0 bridgehead atoms. The molecule has 0 unspecified atom stereocenters. The maximum Gasteiger partial charge on any atom is 0.208 e. The van der Waals surface area contributed by atoms with E-state index in [4.69, 9.17) is 21.1 Å². The fraction of sp³-hybridized carbons (Fsp3) is 0.500. The van der Waals surface area contributed by atoms with Crippen LogP contribution in [0.1, 0.15) is 12.6 Å². The van der Waals surface area contributed by atoms with Crippen molar-refractivity contribution in [3.05, 3.63) is 23.0 Å². The Labute approximate surface area is 76.6 Å². The van der Waals surface area contributed by atoms with Gasteiger partial charge in [-0.15, -0.1) is 0 Å². The van der Waals surface area contributed by atoms with Crippen molar-refractivity contribution in [2.75, 3.05) is 14.2 Å². The van der Waals surface area contributed by atoms with Crippen molar-refractivity contribution >= 4 is 11.6 Å². The monoisotopic (exact) mass is 189 g/mol. The van der Waals surface area contributed by atoms with Crippen LogP contribution < -0.4 is 0 Å². The van der Waals surface area contributed by atoms with E-state index in [0.29, 0.717) is 5.02 Å². The second-order valence-electron chi connectivity index (χ2n) is 2.55. The van der Waals surface area contributed by atoms with Crippen LogP contribution in [0.2, 0.25) is 5.02 Å². The van der Waals surface area contributed by atoms with E-state index >= 15 is 0 Å². The Hall–Kier alpha value is -0.510. The highest BCUT2D eigenvalue weighted by molar-refractivity contribution is 6.31.